The normalized spacial score (nSPS) is 28.2. The molecule has 1 unspecified atom stereocenters. The molecule has 1 amide bonds. The van der Waals surface area contributed by atoms with Crippen LogP contribution < -0.4 is 10.6 Å². The molecule has 2 N–H and O–H groups in total. The molecule has 1 saturated carbocycles. The van der Waals surface area contributed by atoms with Crippen LogP contribution in [0.5, 0.6) is 0 Å². The first-order valence-electron chi connectivity index (χ1n) is 10.6. The zero-order valence-electron chi connectivity index (χ0n) is 17.4. The Hall–Kier alpha value is -3.44. The molecule has 3 aliphatic rings. The number of rotatable bonds is 5. The number of fused-ring (bicyclic) bond motifs is 1. The van der Waals surface area contributed by atoms with Gasteiger partial charge in [0.25, 0.3) is 0 Å². The molecule has 170 valence electrons. The summed E-state index contributed by atoms with van der Waals surface area (Å²) in [4.78, 5) is 17.9. The van der Waals surface area contributed by atoms with Crippen LogP contribution in [0.1, 0.15) is 5.69 Å². The second kappa shape index (κ2) is 7.29. The highest BCUT2D eigenvalue weighted by Gasteiger charge is 2.66. The molecule has 0 bridgehead atoms. The summed E-state index contributed by atoms with van der Waals surface area (Å²) < 4.78 is 42.2. The molecule has 9 nitrogen and oxygen atoms in total. The maximum absolute atomic E-state index is 15.0. The van der Waals surface area contributed by atoms with Gasteiger partial charge in [-0.1, -0.05) is 11.3 Å². The van der Waals surface area contributed by atoms with Crippen LogP contribution in [0, 0.1) is 23.5 Å². The van der Waals surface area contributed by atoms with Gasteiger partial charge in [0.05, 0.1) is 55.0 Å². The molecule has 3 aromatic rings. The molecule has 4 atom stereocenters. The zero-order chi connectivity index (χ0) is 22.7. The van der Waals surface area contributed by atoms with Gasteiger partial charge in [0.2, 0.25) is 0 Å². The minimum atomic E-state index is -0.800. The molecule has 1 aromatic carbocycles. The van der Waals surface area contributed by atoms with Crippen LogP contribution in [0.2, 0.25) is 0 Å². The van der Waals surface area contributed by atoms with Crippen LogP contribution in [-0.4, -0.2) is 51.9 Å². The zero-order valence-corrected chi connectivity index (χ0v) is 17.4. The first-order valence-corrected chi connectivity index (χ1v) is 10.6. The van der Waals surface area contributed by atoms with E-state index in [1.54, 1.807) is 18.3 Å². The maximum Gasteiger partial charge on any atom is 0.414 e. The van der Waals surface area contributed by atoms with Crippen molar-refractivity contribution in [2.75, 3.05) is 24.7 Å². The van der Waals surface area contributed by atoms with Crippen molar-refractivity contribution in [2.45, 2.75) is 18.2 Å². The van der Waals surface area contributed by atoms with E-state index in [1.807, 2.05) is 0 Å². The Morgan fingerprint density at radius 3 is 2.58 bits per heavy atom. The number of anilines is 1. The summed E-state index contributed by atoms with van der Waals surface area (Å²) in [5.74, 6) is -1.13. The van der Waals surface area contributed by atoms with Crippen molar-refractivity contribution < 1.29 is 23.0 Å². The monoisotopic (exact) mass is 454 g/mol. The molecule has 1 aliphatic carbocycles. The van der Waals surface area contributed by atoms with E-state index in [0.29, 0.717) is 31.0 Å². The van der Waals surface area contributed by atoms with Crippen LogP contribution in [0.3, 0.4) is 0 Å². The average Bonchev–Trinajstić information content (AvgIpc) is 3.35. The lowest BCUT2D eigenvalue weighted by Gasteiger charge is -2.17. The number of pyridine rings is 1. The summed E-state index contributed by atoms with van der Waals surface area (Å²) in [5.41, 5.74) is 6.79. The van der Waals surface area contributed by atoms with E-state index in [-0.39, 0.29) is 29.6 Å². The molecule has 0 radical (unpaired) electrons. The number of carbonyl (C=O) groups excluding carboxylic acids is 1. The molecule has 4 heterocycles. The number of carbonyl (C=O) groups is 1. The van der Waals surface area contributed by atoms with Crippen LogP contribution in [0.15, 0.2) is 42.9 Å². The summed E-state index contributed by atoms with van der Waals surface area (Å²) >= 11 is 0. The van der Waals surface area contributed by atoms with Crippen LogP contribution in [0.25, 0.3) is 11.1 Å². The first-order chi connectivity index (χ1) is 15.9. The van der Waals surface area contributed by atoms with Crippen molar-refractivity contribution in [1.82, 2.24) is 20.0 Å². The lowest BCUT2D eigenvalue weighted by atomic mass is 10.0. The summed E-state index contributed by atoms with van der Waals surface area (Å²) in [6.45, 7) is 1.64. The first kappa shape index (κ1) is 20.2. The second-order valence-electron chi connectivity index (χ2n) is 8.64. The Labute approximate surface area is 187 Å². The fourth-order valence-electron chi connectivity index (χ4n) is 4.93. The van der Waals surface area contributed by atoms with E-state index in [9.17, 15) is 4.79 Å². The van der Waals surface area contributed by atoms with Gasteiger partial charge in [0, 0.05) is 29.8 Å². The minimum Gasteiger partial charge on any atom is -0.442 e. The van der Waals surface area contributed by atoms with Crippen molar-refractivity contribution in [2.24, 2.45) is 17.6 Å². The van der Waals surface area contributed by atoms with Crippen molar-refractivity contribution in [1.29, 1.82) is 0 Å². The molecule has 6 rings (SSSR count). The number of benzene rings is 1. The summed E-state index contributed by atoms with van der Waals surface area (Å²) in [6, 6.07) is 5.58. The molecule has 3 fully saturated rings. The molecule has 33 heavy (non-hydrogen) atoms. The predicted molar refractivity (Wildman–Crippen MR) is 111 cm³/mol. The van der Waals surface area contributed by atoms with E-state index >= 15 is 8.78 Å². The number of cyclic esters (lactones) is 1. The standard InChI is InChI=1S/C22H20F2N6O3/c23-17-5-13(30-9-14(33-21(30)31)8-29-4-3-27-28-29)6-18(24)20(17)12-1-2-19(26-7-12)22(25)15-10-32-11-16(15)22/h1-7,14-16H,8-11,25H2/t14-,15-,16+,22?/m0/s1. The van der Waals surface area contributed by atoms with Gasteiger partial charge in [-0.15, -0.1) is 5.10 Å². The molecule has 2 aromatic heterocycles. The third-order valence-electron chi connectivity index (χ3n) is 6.77. The highest BCUT2D eigenvalue weighted by atomic mass is 19.1. The quantitative estimate of drug-likeness (QED) is 0.629. The molecular weight excluding hydrogens is 434 g/mol. The highest BCUT2D eigenvalue weighted by molar-refractivity contribution is 5.90. The smallest absolute Gasteiger partial charge is 0.414 e. The summed E-state index contributed by atoms with van der Waals surface area (Å²) in [7, 11) is 0. The van der Waals surface area contributed by atoms with Gasteiger partial charge in [-0.05, 0) is 18.2 Å². The average molecular weight is 454 g/mol. The predicted octanol–water partition coefficient (Wildman–Crippen LogP) is 2.07. The minimum absolute atomic E-state index is 0.0798. The molecule has 2 saturated heterocycles. The lowest BCUT2D eigenvalue weighted by molar-refractivity contribution is 0.129. The lowest BCUT2D eigenvalue weighted by Crippen LogP contribution is -2.29. The summed E-state index contributed by atoms with van der Waals surface area (Å²) in [6.07, 6.45) is 3.39. The Morgan fingerprint density at radius 2 is 1.94 bits per heavy atom. The molecular formula is C22H20F2N6O3. The van der Waals surface area contributed by atoms with Crippen molar-refractivity contribution >= 4 is 11.8 Å². The van der Waals surface area contributed by atoms with Gasteiger partial charge in [0.1, 0.15) is 17.7 Å². The van der Waals surface area contributed by atoms with E-state index in [4.69, 9.17) is 15.2 Å². The molecule has 0 spiro atoms. The van der Waals surface area contributed by atoms with Crippen molar-refractivity contribution in [3.63, 3.8) is 0 Å². The van der Waals surface area contributed by atoms with E-state index in [0.717, 1.165) is 12.1 Å². The highest BCUT2D eigenvalue weighted by Crippen LogP contribution is 2.58. The Kier molecular flexibility index (Phi) is 4.46. The van der Waals surface area contributed by atoms with Gasteiger partial charge >= 0.3 is 6.09 Å². The third-order valence-corrected chi connectivity index (χ3v) is 6.77. The number of hydrogen-bond acceptors (Lipinski definition) is 7. The largest absolute Gasteiger partial charge is 0.442 e. The molecule has 11 heteroatoms. The van der Waals surface area contributed by atoms with Gasteiger partial charge < -0.3 is 15.2 Å². The number of nitrogens with two attached hydrogens (primary N) is 1. The number of ether oxygens (including phenoxy) is 2. The van der Waals surface area contributed by atoms with Gasteiger partial charge in [-0.2, -0.15) is 0 Å². The second-order valence-corrected chi connectivity index (χ2v) is 8.64. The topological polar surface area (TPSA) is 108 Å². The van der Waals surface area contributed by atoms with Crippen LogP contribution >= 0.6 is 0 Å². The van der Waals surface area contributed by atoms with Crippen molar-refractivity contribution in [3.05, 3.63) is 60.2 Å². The Morgan fingerprint density at radius 1 is 1.18 bits per heavy atom. The fraction of sp³-hybridized carbons (Fsp3) is 0.364. The fourth-order valence-corrected chi connectivity index (χ4v) is 4.93. The molecule has 2 aliphatic heterocycles. The van der Waals surface area contributed by atoms with E-state index < -0.39 is 29.4 Å². The van der Waals surface area contributed by atoms with E-state index in [1.165, 1.54) is 22.0 Å². The Balaban J connectivity index is 1.22. The number of nitrogens with zero attached hydrogens (tertiary/aromatic N) is 5. The van der Waals surface area contributed by atoms with Crippen molar-refractivity contribution in [3.8, 4) is 11.1 Å². The number of amides is 1. The van der Waals surface area contributed by atoms with Gasteiger partial charge in [-0.25, -0.2) is 18.3 Å². The van der Waals surface area contributed by atoms with Crippen LogP contribution in [0.4, 0.5) is 19.3 Å². The third kappa shape index (κ3) is 3.18. The number of aromatic nitrogens is 4. The Bertz CT molecular complexity index is 1190. The van der Waals surface area contributed by atoms with E-state index in [2.05, 4.69) is 15.3 Å². The SMILES string of the molecule is NC1(c2ccc(-c3c(F)cc(N4C[C@H](Cn5ccnn5)OC4=O)cc3F)cn2)[C@@H]2COC[C@@H]21. The maximum atomic E-state index is 15.0. The summed E-state index contributed by atoms with van der Waals surface area (Å²) in [5, 5.41) is 7.54. The van der Waals surface area contributed by atoms with Gasteiger partial charge in [0.15, 0.2) is 0 Å². The number of halogens is 2. The van der Waals surface area contributed by atoms with Crippen LogP contribution in [-0.2, 0) is 21.6 Å². The van der Waals surface area contributed by atoms with Gasteiger partial charge in [-0.3, -0.25) is 9.88 Å². The number of hydrogen-bond donors (Lipinski definition) is 1.